The SMILES string of the molecule is NC(=O)c1cnccc1NCc1cnn(Cc2ccccc2)c1. The number of pyridine rings is 1. The lowest BCUT2D eigenvalue weighted by atomic mass is 10.2. The van der Waals surface area contributed by atoms with E-state index in [4.69, 9.17) is 5.73 Å². The van der Waals surface area contributed by atoms with Crippen LogP contribution in [0.5, 0.6) is 0 Å². The third-order valence-corrected chi connectivity index (χ3v) is 3.44. The fraction of sp³-hybridized carbons (Fsp3) is 0.118. The Bertz CT molecular complexity index is 798. The second-order valence-electron chi connectivity index (χ2n) is 5.17. The van der Waals surface area contributed by atoms with Crippen LogP contribution in [-0.4, -0.2) is 20.7 Å². The van der Waals surface area contributed by atoms with Crippen molar-refractivity contribution in [2.75, 3.05) is 5.32 Å². The second-order valence-corrected chi connectivity index (χ2v) is 5.17. The van der Waals surface area contributed by atoms with Gasteiger partial charge in [-0.15, -0.1) is 0 Å². The molecular weight excluding hydrogens is 290 g/mol. The first kappa shape index (κ1) is 14.8. The number of amides is 1. The van der Waals surface area contributed by atoms with E-state index in [1.54, 1.807) is 18.5 Å². The molecule has 3 aromatic rings. The van der Waals surface area contributed by atoms with Gasteiger partial charge in [-0.05, 0) is 11.6 Å². The number of aromatic nitrogens is 3. The van der Waals surface area contributed by atoms with E-state index in [-0.39, 0.29) is 0 Å². The summed E-state index contributed by atoms with van der Waals surface area (Å²) < 4.78 is 1.88. The molecule has 6 nitrogen and oxygen atoms in total. The van der Waals surface area contributed by atoms with Gasteiger partial charge < -0.3 is 11.1 Å². The molecule has 0 fully saturated rings. The van der Waals surface area contributed by atoms with Crippen molar-refractivity contribution in [3.8, 4) is 0 Å². The summed E-state index contributed by atoms with van der Waals surface area (Å²) in [6, 6.07) is 11.9. The zero-order valence-corrected chi connectivity index (χ0v) is 12.5. The maximum absolute atomic E-state index is 11.4. The summed E-state index contributed by atoms with van der Waals surface area (Å²) in [7, 11) is 0. The minimum atomic E-state index is -0.500. The van der Waals surface area contributed by atoms with Gasteiger partial charge in [-0.2, -0.15) is 5.10 Å². The number of anilines is 1. The number of nitrogens with one attached hydrogen (secondary N) is 1. The molecule has 1 amide bonds. The fourth-order valence-electron chi connectivity index (χ4n) is 2.30. The van der Waals surface area contributed by atoms with E-state index in [9.17, 15) is 4.79 Å². The molecule has 0 aliphatic rings. The maximum Gasteiger partial charge on any atom is 0.252 e. The molecule has 2 aromatic heterocycles. The van der Waals surface area contributed by atoms with Crippen molar-refractivity contribution in [2.45, 2.75) is 13.1 Å². The third kappa shape index (κ3) is 3.74. The molecule has 6 heteroatoms. The van der Waals surface area contributed by atoms with Crippen LogP contribution in [0.25, 0.3) is 0 Å². The number of hydrogen-bond acceptors (Lipinski definition) is 4. The van der Waals surface area contributed by atoms with Crippen LogP contribution in [0.15, 0.2) is 61.2 Å². The Balaban J connectivity index is 1.65. The van der Waals surface area contributed by atoms with Crippen molar-refractivity contribution in [1.82, 2.24) is 14.8 Å². The molecule has 2 heterocycles. The standard InChI is InChI=1S/C17H17N5O/c18-17(23)15-10-19-7-6-16(15)20-8-14-9-21-22(12-14)11-13-4-2-1-3-5-13/h1-7,9-10,12H,8,11H2,(H2,18,23)(H,19,20). The lowest BCUT2D eigenvalue weighted by Gasteiger charge is -2.08. The number of carbonyl (C=O) groups is 1. The van der Waals surface area contributed by atoms with Crippen molar-refractivity contribution in [3.63, 3.8) is 0 Å². The monoisotopic (exact) mass is 307 g/mol. The van der Waals surface area contributed by atoms with Crippen LogP contribution in [-0.2, 0) is 13.1 Å². The minimum Gasteiger partial charge on any atom is -0.380 e. The van der Waals surface area contributed by atoms with Crippen LogP contribution < -0.4 is 11.1 Å². The highest BCUT2D eigenvalue weighted by molar-refractivity contribution is 5.98. The molecule has 0 saturated carbocycles. The minimum absolute atomic E-state index is 0.379. The number of nitrogens with zero attached hydrogens (tertiary/aromatic N) is 3. The van der Waals surface area contributed by atoms with E-state index in [0.29, 0.717) is 17.8 Å². The van der Waals surface area contributed by atoms with Crippen molar-refractivity contribution in [1.29, 1.82) is 0 Å². The van der Waals surface area contributed by atoms with Gasteiger partial charge in [0.1, 0.15) is 0 Å². The Morgan fingerprint density at radius 3 is 2.74 bits per heavy atom. The normalized spacial score (nSPS) is 10.4. The van der Waals surface area contributed by atoms with Gasteiger partial charge >= 0.3 is 0 Å². The van der Waals surface area contributed by atoms with Crippen molar-refractivity contribution >= 4 is 11.6 Å². The molecule has 0 aliphatic carbocycles. The predicted molar refractivity (Wildman–Crippen MR) is 87.9 cm³/mol. The molecule has 0 unspecified atom stereocenters. The van der Waals surface area contributed by atoms with Crippen LogP contribution in [0.4, 0.5) is 5.69 Å². The van der Waals surface area contributed by atoms with E-state index in [1.807, 2.05) is 29.1 Å². The van der Waals surface area contributed by atoms with Gasteiger partial charge in [-0.3, -0.25) is 14.5 Å². The molecule has 0 bridgehead atoms. The molecule has 1 aromatic carbocycles. The van der Waals surface area contributed by atoms with Gasteiger partial charge in [0.05, 0.1) is 24.0 Å². The lowest BCUT2D eigenvalue weighted by Crippen LogP contribution is -2.14. The summed E-state index contributed by atoms with van der Waals surface area (Å²) in [5.74, 6) is -0.500. The molecular formula is C17H17N5O. The Hall–Kier alpha value is -3.15. The van der Waals surface area contributed by atoms with E-state index < -0.39 is 5.91 Å². The molecule has 0 aliphatic heterocycles. The van der Waals surface area contributed by atoms with Gasteiger partial charge in [-0.25, -0.2) is 0 Å². The van der Waals surface area contributed by atoms with Crippen molar-refractivity contribution < 1.29 is 4.79 Å². The number of carbonyl (C=O) groups excluding carboxylic acids is 1. The molecule has 116 valence electrons. The topological polar surface area (TPSA) is 85.8 Å². The molecule has 0 radical (unpaired) electrons. The Kier molecular flexibility index (Phi) is 4.33. The zero-order valence-electron chi connectivity index (χ0n) is 12.5. The van der Waals surface area contributed by atoms with Crippen LogP contribution >= 0.6 is 0 Å². The van der Waals surface area contributed by atoms with Gasteiger partial charge in [-0.1, -0.05) is 30.3 Å². The zero-order chi connectivity index (χ0) is 16.1. The van der Waals surface area contributed by atoms with E-state index >= 15 is 0 Å². The highest BCUT2D eigenvalue weighted by Gasteiger charge is 2.08. The molecule has 0 spiro atoms. The highest BCUT2D eigenvalue weighted by atomic mass is 16.1. The number of rotatable bonds is 6. The summed E-state index contributed by atoms with van der Waals surface area (Å²) in [6.07, 6.45) is 6.86. The van der Waals surface area contributed by atoms with Gasteiger partial charge in [0.25, 0.3) is 5.91 Å². The third-order valence-electron chi connectivity index (χ3n) is 3.44. The van der Waals surface area contributed by atoms with E-state index in [0.717, 1.165) is 12.1 Å². The predicted octanol–water partition coefficient (Wildman–Crippen LogP) is 2.04. The molecule has 3 N–H and O–H groups in total. The van der Waals surface area contributed by atoms with Crippen LogP contribution in [0.2, 0.25) is 0 Å². The maximum atomic E-state index is 11.4. The second kappa shape index (κ2) is 6.74. The molecule has 3 rings (SSSR count). The van der Waals surface area contributed by atoms with Gasteiger partial charge in [0, 0.05) is 30.7 Å². The Morgan fingerprint density at radius 1 is 1.13 bits per heavy atom. The number of nitrogens with two attached hydrogens (primary N) is 1. The first-order chi connectivity index (χ1) is 11.2. The highest BCUT2D eigenvalue weighted by Crippen LogP contribution is 2.14. The van der Waals surface area contributed by atoms with Gasteiger partial charge in [0.15, 0.2) is 0 Å². The summed E-state index contributed by atoms with van der Waals surface area (Å²) in [5, 5.41) is 7.55. The number of benzene rings is 1. The molecule has 0 atom stereocenters. The Labute approximate surface area is 134 Å². The summed E-state index contributed by atoms with van der Waals surface area (Å²) in [6.45, 7) is 1.28. The van der Waals surface area contributed by atoms with Crippen molar-refractivity contribution in [2.24, 2.45) is 5.73 Å². The smallest absolute Gasteiger partial charge is 0.252 e. The summed E-state index contributed by atoms with van der Waals surface area (Å²) in [5.41, 5.74) is 8.60. The fourth-order valence-corrected chi connectivity index (χ4v) is 2.30. The average molecular weight is 307 g/mol. The van der Waals surface area contributed by atoms with Crippen LogP contribution in [0.1, 0.15) is 21.5 Å². The first-order valence-corrected chi connectivity index (χ1v) is 7.25. The van der Waals surface area contributed by atoms with E-state index in [1.165, 1.54) is 11.8 Å². The summed E-state index contributed by atoms with van der Waals surface area (Å²) >= 11 is 0. The number of hydrogen-bond donors (Lipinski definition) is 2. The number of primary amides is 1. The van der Waals surface area contributed by atoms with Crippen molar-refractivity contribution in [3.05, 3.63) is 77.9 Å². The van der Waals surface area contributed by atoms with E-state index in [2.05, 4.69) is 27.5 Å². The average Bonchev–Trinajstić information content (AvgIpc) is 3.01. The Morgan fingerprint density at radius 2 is 1.96 bits per heavy atom. The molecule has 0 saturated heterocycles. The largest absolute Gasteiger partial charge is 0.380 e. The first-order valence-electron chi connectivity index (χ1n) is 7.25. The quantitative estimate of drug-likeness (QED) is 0.729. The summed E-state index contributed by atoms with van der Waals surface area (Å²) in [4.78, 5) is 15.3. The van der Waals surface area contributed by atoms with Gasteiger partial charge in [0.2, 0.25) is 0 Å². The molecule has 23 heavy (non-hydrogen) atoms. The van der Waals surface area contributed by atoms with Crippen LogP contribution in [0.3, 0.4) is 0 Å². The van der Waals surface area contributed by atoms with Crippen LogP contribution in [0, 0.1) is 0 Å². The lowest BCUT2D eigenvalue weighted by molar-refractivity contribution is 0.100.